The van der Waals surface area contributed by atoms with Crippen molar-refractivity contribution in [1.29, 1.82) is 0 Å². The van der Waals surface area contributed by atoms with Crippen LogP contribution in [-0.4, -0.2) is 15.6 Å². The molecule has 0 radical (unpaired) electrons. The van der Waals surface area contributed by atoms with Crippen LogP contribution in [0.1, 0.15) is 32.1 Å². The van der Waals surface area contributed by atoms with Crippen molar-refractivity contribution in [3.63, 3.8) is 0 Å². The van der Waals surface area contributed by atoms with Crippen molar-refractivity contribution in [2.45, 2.75) is 44.7 Å². The molecular weight excluding hydrogens is 202 g/mol. The smallest absolute Gasteiger partial charge is 0.326 e. The highest BCUT2D eigenvalue weighted by Crippen LogP contribution is 2.25. The van der Waals surface area contributed by atoms with Crippen LogP contribution in [0.3, 0.4) is 0 Å². The average Bonchev–Trinajstić information content (AvgIpc) is 2.33. The first-order valence-electron chi connectivity index (χ1n) is 6.04. The van der Waals surface area contributed by atoms with Gasteiger partial charge in [0.05, 0.1) is 0 Å². The molecule has 0 bridgehead atoms. The van der Waals surface area contributed by atoms with Crippen LogP contribution in [-0.2, 0) is 6.54 Å². The zero-order valence-corrected chi connectivity index (χ0v) is 9.51. The van der Waals surface area contributed by atoms with Crippen molar-refractivity contribution < 1.29 is 0 Å². The fraction of sp³-hybridized carbons (Fsp3) is 0.667. The Hall–Kier alpha value is -1.16. The Labute approximate surface area is 95.5 Å². The zero-order chi connectivity index (χ0) is 11.4. The summed E-state index contributed by atoms with van der Waals surface area (Å²) in [5.41, 5.74) is 5.96. The molecule has 88 valence electrons. The molecule has 1 fully saturated rings. The lowest BCUT2D eigenvalue weighted by Crippen LogP contribution is -2.38. The van der Waals surface area contributed by atoms with Crippen LogP contribution in [0.2, 0.25) is 0 Å². The van der Waals surface area contributed by atoms with Crippen LogP contribution in [0, 0.1) is 5.92 Å². The van der Waals surface area contributed by atoms with E-state index >= 15 is 0 Å². The SMILES string of the molecule is NC(Cn1cccnc1=O)C1CCCCC1. The fourth-order valence-electron chi connectivity index (χ4n) is 2.46. The van der Waals surface area contributed by atoms with Gasteiger partial charge in [0, 0.05) is 25.0 Å². The van der Waals surface area contributed by atoms with Gasteiger partial charge in [0.2, 0.25) is 0 Å². The lowest BCUT2D eigenvalue weighted by molar-refractivity contribution is 0.283. The van der Waals surface area contributed by atoms with Crippen LogP contribution in [0.25, 0.3) is 0 Å². The van der Waals surface area contributed by atoms with E-state index in [4.69, 9.17) is 5.73 Å². The van der Waals surface area contributed by atoms with Gasteiger partial charge in [-0.25, -0.2) is 9.78 Å². The second kappa shape index (κ2) is 5.25. The summed E-state index contributed by atoms with van der Waals surface area (Å²) < 4.78 is 1.61. The molecule has 1 atom stereocenters. The van der Waals surface area contributed by atoms with E-state index in [2.05, 4.69) is 4.98 Å². The monoisotopic (exact) mass is 221 g/mol. The molecule has 1 aromatic rings. The molecule has 2 rings (SSSR count). The minimum atomic E-state index is -0.200. The minimum absolute atomic E-state index is 0.0854. The molecule has 0 saturated heterocycles. The van der Waals surface area contributed by atoms with Crippen molar-refractivity contribution in [2.24, 2.45) is 11.7 Å². The van der Waals surface area contributed by atoms with Crippen molar-refractivity contribution in [3.05, 3.63) is 28.9 Å². The molecule has 16 heavy (non-hydrogen) atoms. The summed E-state index contributed by atoms with van der Waals surface area (Å²) in [7, 11) is 0. The molecule has 1 aliphatic rings. The van der Waals surface area contributed by atoms with Gasteiger partial charge >= 0.3 is 5.69 Å². The third kappa shape index (κ3) is 2.70. The molecule has 4 heteroatoms. The normalized spacial score (nSPS) is 19.6. The van der Waals surface area contributed by atoms with Gasteiger partial charge in [0.25, 0.3) is 0 Å². The predicted molar refractivity (Wildman–Crippen MR) is 63.0 cm³/mol. The van der Waals surface area contributed by atoms with Crippen LogP contribution in [0.15, 0.2) is 23.3 Å². The summed E-state index contributed by atoms with van der Waals surface area (Å²) in [6.07, 6.45) is 9.58. The van der Waals surface area contributed by atoms with Gasteiger partial charge in [-0.15, -0.1) is 0 Å². The maximum atomic E-state index is 11.4. The molecule has 1 heterocycles. The van der Waals surface area contributed by atoms with Gasteiger partial charge < -0.3 is 5.73 Å². The summed E-state index contributed by atoms with van der Waals surface area (Å²) >= 11 is 0. The summed E-state index contributed by atoms with van der Waals surface area (Å²) in [6, 6.07) is 1.86. The molecule has 4 nitrogen and oxygen atoms in total. The standard InChI is InChI=1S/C12H19N3O/c13-11(10-5-2-1-3-6-10)9-15-8-4-7-14-12(15)16/h4,7-8,10-11H,1-3,5-6,9,13H2. The molecule has 0 aromatic carbocycles. The van der Waals surface area contributed by atoms with Gasteiger partial charge in [-0.1, -0.05) is 19.3 Å². The third-order valence-electron chi connectivity index (χ3n) is 3.45. The van der Waals surface area contributed by atoms with Crippen LogP contribution in [0.4, 0.5) is 0 Å². The highest BCUT2D eigenvalue weighted by molar-refractivity contribution is 4.84. The summed E-state index contributed by atoms with van der Waals surface area (Å²) in [6.45, 7) is 0.595. The first kappa shape index (κ1) is 11.3. The van der Waals surface area contributed by atoms with E-state index in [0.29, 0.717) is 12.5 Å². The van der Waals surface area contributed by atoms with Gasteiger partial charge in [-0.2, -0.15) is 0 Å². The molecule has 0 aliphatic heterocycles. The Kier molecular flexibility index (Phi) is 3.72. The van der Waals surface area contributed by atoms with Gasteiger partial charge in [-0.3, -0.25) is 4.57 Å². The van der Waals surface area contributed by atoms with Gasteiger partial charge in [-0.05, 0) is 24.8 Å². The highest BCUT2D eigenvalue weighted by atomic mass is 16.1. The van der Waals surface area contributed by atoms with Gasteiger partial charge in [0.15, 0.2) is 0 Å². The molecular formula is C12H19N3O. The molecule has 1 aromatic heterocycles. The molecule has 2 N–H and O–H groups in total. The van der Waals surface area contributed by atoms with Crippen LogP contribution >= 0.6 is 0 Å². The number of hydrogen-bond donors (Lipinski definition) is 1. The number of nitrogens with zero attached hydrogens (tertiary/aromatic N) is 2. The van der Waals surface area contributed by atoms with Crippen molar-refractivity contribution in [1.82, 2.24) is 9.55 Å². The van der Waals surface area contributed by atoms with E-state index in [9.17, 15) is 4.79 Å². The molecule has 1 aliphatic carbocycles. The summed E-state index contributed by atoms with van der Waals surface area (Å²) in [5, 5.41) is 0. The van der Waals surface area contributed by atoms with Crippen molar-refractivity contribution in [2.75, 3.05) is 0 Å². The Morgan fingerprint density at radius 1 is 1.44 bits per heavy atom. The fourth-order valence-corrected chi connectivity index (χ4v) is 2.46. The maximum Gasteiger partial charge on any atom is 0.347 e. The molecule has 0 spiro atoms. The summed E-state index contributed by atoms with van der Waals surface area (Å²) in [5.74, 6) is 0.570. The molecule has 1 unspecified atom stereocenters. The van der Waals surface area contributed by atoms with Crippen molar-refractivity contribution >= 4 is 0 Å². The Balaban J connectivity index is 1.98. The largest absolute Gasteiger partial charge is 0.347 e. The summed E-state index contributed by atoms with van der Waals surface area (Å²) in [4.78, 5) is 15.2. The second-order valence-electron chi connectivity index (χ2n) is 4.62. The Morgan fingerprint density at radius 2 is 2.19 bits per heavy atom. The molecule has 1 saturated carbocycles. The predicted octanol–water partition coefficient (Wildman–Crippen LogP) is 1.15. The Morgan fingerprint density at radius 3 is 2.88 bits per heavy atom. The van der Waals surface area contributed by atoms with Crippen molar-refractivity contribution in [3.8, 4) is 0 Å². The van der Waals surface area contributed by atoms with E-state index in [0.717, 1.165) is 0 Å². The lowest BCUT2D eigenvalue weighted by Gasteiger charge is -2.27. The van der Waals surface area contributed by atoms with E-state index in [-0.39, 0.29) is 11.7 Å². The molecule has 0 amide bonds. The third-order valence-corrected chi connectivity index (χ3v) is 3.45. The number of rotatable bonds is 3. The lowest BCUT2D eigenvalue weighted by atomic mass is 9.84. The minimum Gasteiger partial charge on any atom is -0.326 e. The zero-order valence-electron chi connectivity index (χ0n) is 9.51. The Bertz CT molecular complexity index is 382. The van der Waals surface area contributed by atoms with E-state index < -0.39 is 0 Å². The van der Waals surface area contributed by atoms with E-state index in [1.807, 2.05) is 0 Å². The van der Waals surface area contributed by atoms with Crippen LogP contribution in [0.5, 0.6) is 0 Å². The quantitative estimate of drug-likeness (QED) is 0.833. The first-order chi connectivity index (χ1) is 7.77. The highest BCUT2D eigenvalue weighted by Gasteiger charge is 2.20. The number of aromatic nitrogens is 2. The maximum absolute atomic E-state index is 11.4. The first-order valence-corrected chi connectivity index (χ1v) is 6.04. The van der Waals surface area contributed by atoms with Gasteiger partial charge in [0.1, 0.15) is 0 Å². The average molecular weight is 221 g/mol. The second-order valence-corrected chi connectivity index (χ2v) is 4.62. The number of hydrogen-bond acceptors (Lipinski definition) is 3. The van der Waals surface area contributed by atoms with Crippen LogP contribution < -0.4 is 11.4 Å². The number of nitrogens with two attached hydrogens (primary N) is 1. The van der Waals surface area contributed by atoms with E-state index in [1.54, 1.807) is 16.8 Å². The topological polar surface area (TPSA) is 60.9 Å². The van der Waals surface area contributed by atoms with E-state index in [1.165, 1.54) is 38.3 Å².